The Morgan fingerprint density at radius 1 is 1.29 bits per heavy atom. The molecule has 0 bridgehead atoms. The van der Waals surface area contributed by atoms with E-state index in [1.165, 1.54) is 15.0 Å². The Morgan fingerprint density at radius 3 is 2.64 bits per heavy atom. The minimum Gasteiger partial charge on any atom is -0.321 e. The lowest BCUT2D eigenvalue weighted by molar-refractivity contribution is 0.567. The summed E-state index contributed by atoms with van der Waals surface area (Å²) in [6.07, 6.45) is 0. The van der Waals surface area contributed by atoms with Gasteiger partial charge in [0.2, 0.25) is 0 Å². The van der Waals surface area contributed by atoms with E-state index in [1.54, 1.807) is 11.3 Å². The van der Waals surface area contributed by atoms with Crippen molar-refractivity contribution in [3.63, 3.8) is 0 Å². The number of halogens is 1. The fourth-order valence-corrected chi connectivity index (χ4v) is 2.95. The maximum atomic E-state index is 6.06. The van der Waals surface area contributed by atoms with Crippen LogP contribution in [0.5, 0.6) is 0 Å². The van der Waals surface area contributed by atoms with E-state index in [1.807, 2.05) is 13.8 Å². The number of nitrogens with two attached hydrogens (primary N) is 1. The molecule has 1 aromatic heterocycles. The Kier molecular flexibility index (Phi) is 2.41. The lowest BCUT2D eigenvalue weighted by Crippen LogP contribution is -2.27. The largest absolute Gasteiger partial charge is 0.321 e. The van der Waals surface area contributed by atoms with E-state index in [0.29, 0.717) is 0 Å². The van der Waals surface area contributed by atoms with Crippen molar-refractivity contribution in [1.82, 2.24) is 0 Å². The van der Waals surface area contributed by atoms with Gasteiger partial charge in [-0.1, -0.05) is 22.0 Å². The number of hydrogen-bond donors (Lipinski definition) is 1. The molecule has 1 nitrogen and oxygen atoms in total. The zero-order valence-electron chi connectivity index (χ0n) is 8.17. The molecule has 14 heavy (non-hydrogen) atoms. The number of rotatable bonds is 1. The van der Waals surface area contributed by atoms with Crippen molar-refractivity contribution in [1.29, 1.82) is 0 Å². The molecule has 0 saturated carbocycles. The predicted molar refractivity (Wildman–Crippen MR) is 66.7 cm³/mol. The molecule has 0 spiro atoms. The van der Waals surface area contributed by atoms with Crippen LogP contribution >= 0.6 is 27.3 Å². The van der Waals surface area contributed by atoms with Gasteiger partial charge in [0, 0.05) is 19.6 Å². The summed E-state index contributed by atoms with van der Waals surface area (Å²) in [5.41, 5.74) is 5.82. The Hall–Kier alpha value is -0.380. The van der Waals surface area contributed by atoms with E-state index >= 15 is 0 Å². The maximum absolute atomic E-state index is 6.06. The van der Waals surface area contributed by atoms with Gasteiger partial charge in [0.15, 0.2) is 0 Å². The molecule has 0 fully saturated rings. The molecule has 2 rings (SSSR count). The molecule has 0 amide bonds. The number of fused-ring (bicyclic) bond motifs is 1. The quantitative estimate of drug-likeness (QED) is 0.836. The van der Waals surface area contributed by atoms with Crippen LogP contribution in [0.2, 0.25) is 0 Å². The van der Waals surface area contributed by atoms with Gasteiger partial charge in [-0.3, -0.25) is 0 Å². The third-order valence-electron chi connectivity index (χ3n) is 2.12. The van der Waals surface area contributed by atoms with Crippen molar-refractivity contribution in [2.75, 3.05) is 0 Å². The average Bonchev–Trinajstić information content (AvgIpc) is 2.45. The van der Waals surface area contributed by atoms with E-state index in [4.69, 9.17) is 5.73 Å². The average molecular weight is 270 g/mol. The van der Waals surface area contributed by atoms with Crippen LogP contribution in [-0.4, -0.2) is 0 Å². The highest BCUT2D eigenvalue weighted by atomic mass is 79.9. The molecule has 2 N–H and O–H groups in total. The topological polar surface area (TPSA) is 26.0 Å². The Balaban J connectivity index is 2.63. The zero-order valence-corrected chi connectivity index (χ0v) is 10.6. The van der Waals surface area contributed by atoms with E-state index in [-0.39, 0.29) is 5.54 Å². The van der Waals surface area contributed by atoms with Crippen LogP contribution in [0, 0.1) is 0 Å². The summed E-state index contributed by atoms with van der Waals surface area (Å²) in [6, 6.07) is 8.48. The van der Waals surface area contributed by atoms with Crippen molar-refractivity contribution in [3.05, 3.63) is 33.6 Å². The highest BCUT2D eigenvalue weighted by Crippen LogP contribution is 2.33. The van der Waals surface area contributed by atoms with E-state index in [2.05, 4.69) is 40.2 Å². The Labute approximate surface area is 96.1 Å². The fourth-order valence-electron chi connectivity index (χ4n) is 1.32. The molecule has 0 aliphatic rings. The summed E-state index contributed by atoms with van der Waals surface area (Å²) in [6.45, 7) is 4.07. The van der Waals surface area contributed by atoms with Gasteiger partial charge in [-0.15, -0.1) is 11.3 Å². The zero-order chi connectivity index (χ0) is 10.3. The first-order valence-corrected chi connectivity index (χ1v) is 6.06. The molecule has 1 aromatic carbocycles. The van der Waals surface area contributed by atoms with Crippen molar-refractivity contribution < 1.29 is 0 Å². The van der Waals surface area contributed by atoms with Crippen molar-refractivity contribution >= 4 is 37.4 Å². The normalized spacial score (nSPS) is 12.3. The summed E-state index contributed by atoms with van der Waals surface area (Å²) < 4.78 is 2.40. The minimum atomic E-state index is -0.240. The molecule has 0 aliphatic carbocycles. The maximum Gasteiger partial charge on any atom is 0.0447 e. The van der Waals surface area contributed by atoms with Crippen LogP contribution in [0.4, 0.5) is 0 Å². The van der Waals surface area contributed by atoms with Gasteiger partial charge in [0.05, 0.1) is 0 Å². The van der Waals surface area contributed by atoms with Crippen molar-refractivity contribution in [3.8, 4) is 0 Å². The molecule has 1 heterocycles. The molecule has 0 aliphatic heterocycles. The first-order valence-electron chi connectivity index (χ1n) is 4.45. The molecule has 0 saturated heterocycles. The van der Waals surface area contributed by atoms with Crippen LogP contribution in [0.15, 0.2) is 28.7 Å². The minimum absolute atomic E-state index is 0.240. The Bertz CT molecular complexity index is 468. The molecule has 0 radical (unpaired) electrons. The first kappa shape index (κ1) is 10.1. The van der Waals surface area contributed by atoms with Gasteiger partial charge in [-0.25, -0.2) is 0 Å². The number of benzene rings is 1. The molecular formula is C11H12BrNS. The summed E-state index contributed by atoms with van der Waals surface area (Å²) >= 11 is 5.23. The molecule has 74 valence electrons. The summed E-state index contributed by atoms with van der Waals surface area (Å²) in [7, 11) is 0. The van der Waals surface area contributed by atoms with Gasteiger partial charge in [0.25, 0.3) is 0 Å². The SMILES string of the molecule is CC(C)(N)c1cc2ccc(Br)cc2s1. The third-order valence-corrected chi connectivity index (χ3v) is 4.05. The number of thiophene rings is 1. The highest BCUT2D eigenvalue weighted by Gasteiger charge is 2.16. The predicted octanol–water partition coefficient (Wildman–Crippen LogP) is 3.86. The van der Waals surface area contributed by atoms with Gasteiger partial charge < -0.3 is 5.73 Å². The van der Waals surface area contributed by atoms with E-state index in [9.17, 15) is 0 Å². The second-order valence-electron chi connectivity index (χ2n) is 4.01. The van der Waals surface area contributed by atoms with E-state index in [0.717, 1.165) is 4.47 Å². The molecule has 0 atom stereocenters. The Morgan fingerprint density at radius 2 is 2.00 bits per heavy atom. The lowest BCUT2D eigenvalue weighted by Gasteiger charge is -2.15. The van der Waals surface area contributed by atoms with Crippen LogP contribution in [0.1, 0.15) is 18.7 Å². The van der Waals surface area contributed by atoms with E-state index < -0.39 is 0 Å². The van der Waals surface area contributed by atoms with Crippen LogP contribution in [0.3, 0.4) is 0 Å². The van der Waals surface area contributed by atoms with Gasteiger partial charge in [-0.2, -0.15) is 0 Å². The summed E-state index contributed by atoms with van der Waals surface area (Å²) in [4.78, 5) is 1.23. The highest BCUT2D eigenvalue weighted by molar-refractivity contribution is 9.10. The molecule has 0 unspecified atom stereocenters. The van der Waals surface area contributed by atoms with Crippen LogP contribution < -0.4 is 5.73 Å². The van der Waals surface area contributed by atoms with Gasteiger partial charge in [-0.05, 0) is 37.4 Å². The molecular weight excluding hydrogens is 258 g/mol. The second kappa shape index (κ2) is 3.33. The first-order chi connectivity index (χ1) is 6.47. The summed E-state index contributed by atoms with van der Waals surface area (Å²) in [5.74, 6) is 0. The van der Waals surface area contributed by atoms with Crippen LogP contribution in [0.25, 0.3) is 10.1 Å². The van der Waals surface area contributed by atoms with Gasteiger partial charge in [0.1, 0.15) is 0 Å². The monoisotopic (exact) mass is 269 g/mol. The van der Waals surface area contributed by atoms with Crippen LogP contribution in [-0.2, 0) is 5.54 Å². The fraction of sp³-hybridized carbons (Fsp3) is 0.273. The molecule has 2 aromatic rings. The van der Waals surface area contributed by atoms with Crippen molar-refractivity contribution in [2.45, 2.75) is 19.4 Å². The van der Waals surface area contributed by atoms with Gasteiger partial charge >= 0.3 is 0 Å². The molecule has 3 heteroatoms. The third kappa shape index (κ3) is 1.85. The lowest BCUT2D eigenvalue weighted by atomic mass is 10.0. The van der Waals surface area contributed by atoms with Crippen molar-refractivity contribution in [2.24, 2.45) is 5.73 Å². The standard InChI is InChI=1S/C11H12BrNS/c1-11(2,13)10-5-7-3-4-8(12)6-9(7)14-10/h3-6H,13H2,1-2H3. The smallest absolute Gasteiger partial charge is 0.0447 e. The summed E-state index contributed by atoms with van der Waals surface area (Å²) in [5, 5.41) is 1.27. The number of hydrogen-bond acceptors (Lipinski definition) is 2. The second-order valence-corrected chi connectivity index (χ2v) is 6.01.